The lowest BCUT2D eigenvalue weighted by Crippen LogP contribution is -2.39. The van der Waals surface area contributed by atoms with E-state index >= 15 is 0 Å². The molecule has 0 bridgehead atoms. The van der Waals surface area contributed by atoms with Gasteiger partial charge in [0.25, 0.3) is 0 Å². The number of ether oxygens (including phenoxy) is 2. The van der Waals surface area contributed by atoms with Gasteiger partial charge in [-0.25, -0.2) is 8.42 Å². The zero-order valence-electron chi connectivity index (χ0n) is 18.5. The lowest BCUT2D eigenvalue weighted by atomic mass is 10.1. The minimum absolute atomic E-state index is 0. The average Bonchev–Trinajstić information content (AvgIpc) is 3.30. The predicted molar refractivity (Wildman–Crippen MR) is 138 cm³/mol. The van der Waals surface area contributed by atoms with Gasteiger partial charge in [-0.3, -0.25) is 4.99 Å². The molecule has 1 saturated carbocycles. The molecule has 0 aromatic heterocycles. The molecule has 176 valence electrons. The first-order chi connectivity index (χ1) is 15.0. The van der Waals surface area contributed by atoms with Crippen molar-refractivity contribution in [1.82, 2.24) is 10.6 Å². The van der Waals surface area contributed by atoms with Crippen molar-refractivity contribution in [2.75, 3.05) is 26.5 Å². The lowest BCUT2D eigenvalue weighted by Gasteiger charge is -2.20. The third kappa shape index (κ3) is 7.26. The second kappa shape index (κ2) is 12.9. The summed E-state index contributed by atoms with van der Waals surface area (Å²) < 4.78 is 36.6. The van der Waals surface area contributed by atoms with E-state index in [4.69, 9.17) is 9.47 Å². The number of halogens is 1. The highest BCUT2D eigenvalue weighted by Crippen LogP contribution is 2.34. The number of nitrogens with zero attached hydrogens (tertiary/aromatic N) is 1. The summed E-state index contributed by atoms with van der Waals surface area (Å²) in [5.41, 5.74) is 0.964. The van der Waals surface area contributed by atoms with E-state index < -0.39 is 9.84 Å². The minimum atomic E-state index is -3.34. The zero-order chi connectivity index (χ0) is 22.1. The Labute approximate surface area is 207 Å². The van der Waals surface area contributed by atoms with E-state index in [-0.39, 0.29) is 42.4 Å². The molecule has 2 N–H and O–H groups in total. The minimum Gasteiger partial charge on any atom is -0.493 e. The molecule has 32 heavy (non-hydrogen) atoms. The molecule has 0 amide bonds. The fourth-order valence-electron chi connectivity index (χ4n) is 3.62. The molecule has 1 aliphatic rings. The summed E-state index contributed by atoms with van der Waals surface area (Å²) in [5.74, 6) is 1.97. The fraction of sp³-hybridized carbons (Fsp3) is 0.435. The number of sulfone groups is 1. The molecular weight excluding hydrogens is 541 g/mol. The van der Waals surface area contributed by atoms with Gasteiger partial charge in [-0.15, -0.1) is 24.0 Å². The third-order valence-corrected chi connectivity index (χ3v) is 7.03. The molecule has 3 rings (SSSR count). The average molecular weight is 573 g/mol. The number of aliphatic imine (C=N–C) groups is 1. The summed E-state index contributed by atoms with van der Waals surface area (Å²) in [6, 6.07) is 14.3. The van der Waals surface area contributed by atoms with Crippen LogP contribution in [0.25, 0.3) is 0 Å². The number of guanidine groups is 1. The number of nitrogens with one attached hydrogen (secondary N) is 2. The second-order valence-corrected chi connectivity index (χ2v) is 9.57. The standard InChI is InChI=1S/C23H31N3O4S.HI/c1-24-23(25-15-16-31(27,28)20-12-4-3-5-13-20)26-17-18-9-8-14-21(29-2)22(18)30-19-10-6-7-11-19;/h3-5,8-9,12-14,19H,6-7,10-11,15-17H2,1-2H3,(H2,24,25,26);1H. The molecule has 2 aromatic rings. The Hall–Kier alpha value is -2.01. The first-order valence-electron chi connectivity index (χ1n) is 10.6. The van der Waals surface area contributed by atoms with E-state index in [1.807, 2.05) is 18.2 Å². The maximum atomic E-state index is 12.4. The number of benzene rings is 2. The van der Waals surface area contributed by atoms with Crippen molar-refractivity contribution in [2.45, 2.75) is 43.2 Å². The molecule has 7 nitrogen and oxygen atoms in total. The maximum Gasteiger partial charge on any atom is 0.191 e. The number of methoxy groups -OCH3 is 1. The monoisotopic (exact) mass is 573 g/mol. The van der Waals surface area contributed by atoms with Crippen LogP contribution in [0.3, 0.4) is 0 Å². The van der Waals surface area contributed by atoms with Crippen LogP contribution in [-0.4, -0.2) is 46.9 Å². The predicted octanol–water partition coefficient (Wildman–Crippen LogP) is 3.77. The maximum absolute atomic E-state index is 12.4. The van der Waals surface area contributed by atoms with Gasteiger partial charge in [0.05, 0.1) is 23.9 Å². The Balaban J connectivity index is 0.00000363. The molecule has 0 saturated heterocycles. The Morgan fingerprint density at radius 3 is 2.44 bits per heavy atom. The highest BCUT2D eigenvalue weighted by molar-refractivity contribution is 14.0. The van der Waals surface area contributed by atoms with Crippen molar-refractivity contribution in [3.63, 3.8) is 0 Å². The van der Waals surface area contributed by atoms with E-state index in [9.17, 15) is 8.42 Å². The summed E-state index contributed by atoms with van der Waals surface area (Å²) >= 11 is 0. The Morgan fingerprint density at radius 1 is 1.06 bits per heavy atom. The molecule has 1 aliphatic carbocycles. The molecule has 0 aliphatic heterocycles. The van der Waals surface area contributed by atoms with Gasteiger partial charge in [-0.2, -0.15) is 0 Å². The summed E-state index contributed by atoms with van der Waals surface area (Å²) in [5, 5.41) is 6.31. The summed E-state index contributed by atoms with van der Waals surface area (Å²) in [6.45, 7) is 0.727. The number of rotatable bonds is 9. The SMILES string of the molecule is CN=C(NCCS(=O)(=O)c1ccccc1)NCc1cccc(OC)c1OC1CCCC1.I. The van der Waals surface area contributed by atoms with Gasteiger partial charge in [-0.1, -0.05) is 30.3 Å². The van der Waals surface area contributed by atoms with Crippen LogP contribution in [0.5, 0.6) is 11.5 Å². The lowest BCUT2D eigenvalue weighted by molar-refractivity contribution is 0.198. The quantitative estimate of drug-likeness (QED) is 0.270. The van der Waals surface area contributed by atoms with Crippen molar-refractivity contribution in [3.05, 3.63) is 54.1 Å². The molecule has 2 aromatic carbocycles. The van der Waals surface area contributed by atoms with Crippen LogP contribution in [0.15, 0.2) is 58.4 Å². The smallest absolute Gasteiger partial charge is 0.191 e. The Morgan fingerprint density at radius 2 is 1.78 bits per heavy atom. The van der Waals surface area contributed by atoms with Gasteiger partial charge >= 0.3 is 0 Å². The molecule has 0 unspecified atom stereocenters. The summed E-state index contributed by atoms with van der Waals surface area (Å²) in [6.07, 6.45) is 4.72. The number of hydrogen-bond donors (Lipinski definition) is 2. The van der Waals surface area contributed by atoms with Crippen LogP contribution < -0.4 is 20.1 Å². The van der Waals surface area contributed by atoms with E-state index in [0.29, 0.717) is 23.1 Å². The van der Waals surface area contributed by atoms with Gasteiger partial charge in [0.15, 0.2) is 27.3 Å². The van der Waals surface area contributed by atoms with Crippen LogP contribution in [0.2, 0.25) is 0 Å². The highest BCUT2D eigenvalue weighted by atomic mass is 127. The normalized spacial score (nSPS) is 14.5. The summed E-state index contributed by atoms with van der Waals surface area (Å²) in [4.78, 5) is 4.52. The van der Waals surface area contributed by atoms with Gasteiger partial charge in [0, 0.05) is 25.7 Å². The van der Waals surface area contributed by atoms with Crippen molar-refractivity contribution < 1.29 is 17.9 Å². The van der Waals surface area contributed by atoms with Crippen LogP contribution in [0.4, 0.5) is 0 Å². The van der Waals surface area contributed by atoms with Gasteiger partial charge in [0.2, 0.25) is 0 Å². The van der Waals surface area contributed by atoms with Crippen LogP contribution in [0, 0.1) is 0 Å². The summed E-state index contributed by atoms with van der Waals surface area (Å²) in [7, 11) is -0.0464. The zero-order valence-corrected chi connectivity index (χ0v) is 21.7. The molecule has 0 heterocycles. The fourth-order valence-corrected chi connectivity index (χ4v) is 4.80. The molecule has 0 atom stereocenters. The van der Waals surface area contributed by atoms with E-state index in [2.05, 4.69) is 15.6 Å². The van der Waals surface area contributed by atoms with Crippen molar-refractivity contribution >= 4 is 39.8 Å². The van der Waals surface area contributed by atoms with Gasteiger partial charge in [0.1, 0.15) is 0 Å². The number of para-hydroxylation sites is 1. The molecule has 1 fully saturated rings. The van der Waals surface area contributed by atoms with E-state index in [1.54, 1.807) is 44.5 Å². The van der Waals surface area contributed by atoms with Crippen molar-refractivity contribution in [3.8, 4) is 11.5 Å². The first kappa shape index (κ1) is 26.2. The number of hydrogen-bond acceptors (Lipinski definition) is 5. The highest BCUT2D eigenvalue weighted by Gasteiger charge is 2.20. The largest absolute Gasteiger partial charge is 0.493 e. The molecule has 0 radical (unpaired) electrons. The third-order valence-electron chi connectivity index (χ3n) is 5.30. The van der Waals surface area contributed by atoms with Crippen LogP contribution >= 0.6 is 24.0 Å². The van der Waals surface area contributed by atoms with Crippen LogP contribution in [0.1, 0.15) is 31.2 Å². The van der Waals surface area contributed by atoms with E-state index in [0.717, 1.165) is 24.2 Å². The van der Waals surface area contributed by atoms with E-state index in [1.165, 1.54) is 12.8 Å². The second-order valence-electron chi connectivity index (χ2n) is 7.46. The van der Waals surface area contributed by atoms with Crippen LogP contribution in [-0.2, 0) is 16.4 Å². The van der Waals surface area contributed by atoms with Crippen molar-refractivity contribution in [1.29, 1.82) is 0 Å². The van der Waals surface area contributed by atoms with Gasteiger partial charge < -0.3 is 20.1 Å². The van der Waals surface area contributed by atoms with Gasteiger partial charge in [-0.05, 0) is 43.9 Å². The Kier molecular flexibility index (Phi) is 10.6. The Bertz CT molecular complexity index is 978. The molecule has 0 spiro atoms. The molecular formula is C23H32IN3O4S. The van der Waals surface area contributed by atoms with Crippen molar-refractivity contribution in [2.24, 2.45) is 4.99 Å². The first-order valence-corrected chi connectivity index (χ1v) is 12.2. The molecule has 9 heteroatoms. The topological polar surface area (TPSA) is 89.0 Å².